The highest BCUT2D eigenvalue weighted by Gasteiger charge is 2.35. The second kappa shape index (κ2) is 9.17. The lowest BCUT2D eigenvalue weighted by molar-refractivity contribution is 0.316. The number of nitrogens with zero attached hydrogens (tertiary/aromatic N) is 4. The summed E-state index contributed by atoms with van der Waals surface area (Å²) in [4.78, 5) is 14.0. The summed E-state index contributed by atoms with van der Waals surface area (Å²) in [6.07, 6.45) is 4.65. The molecule has 10 heteroatoms. The molecule has 1 aromatic carbocycles. The van der Waals surface area contributed by atoms with Crippen LogP contribution in [0.25, 0.3) is 0 Å². The van der Waals surface area contributed by atoms with Gasteiger partial charge < -0.3 is 9.88 Å². The molecule has 1 atom stereocenters. The van der Waals surface area contributed by atoms with Crippen molar-refractivity contribution in [2.24, 2.45) is 0 Å². The van der Waals surface area contributed by atoms with E-state index in [0.717, 1.165) is 27.1 Å². The molecule has 7 nitrogen and oxygen atoms in total. The maximum Gasteiger partial charge on any atom is 0.214 e. The second-order valence-electron chi connectivity index (χ2n) is 7.43. The first kappa shape index (κ1) is 21.5. The van der Waals surface area contributed by atoms with Crippen LogP contribution < -0.4 is 4.90 Å². The fourth-order valence-electron chi connectivity index (χ4n) is 3.90. The van der Waals surface area contributed by atoms with E-state index in [1.54, 1.807) is 16.1 Å². The molecule has 0 fully saturated rings. The molecule has 2 aromatic heterocycles. The van der Waals surface area contributed by atoms with E-state index >= 15 is 0 Å². The van der Waals surface area contributed by atoms with Crippen LogP contribution in [0.4, 0.5) is 5.69 Å². The van der Waals surface area contributed by atoms with Crippen molar-refractivity contribution in [3.63, 3.8) is 0 Å². The zero-order valence-corrected chi connectivity index (χ0v) is 19.9. The van der Waals surface area contributed by atoms with E-state index in [1.807, 2.05) is 30.6 Å². The van der Waals surface area contributed by atoms with Crippen molar-refractivity contribution < 1.29 is 8.42 Å². The molecule has 4 rings (SSSR count). The van der Waals surface area contributed by atoms with Gasteiger partial charge in [0.25, 0.3) is 0 Å². The Labute approximate surface area is 189 Å². The molecule has 3 aromatic rings. The van der Waals surface area contributed by atoms with Crippen LogP contribution in [-0.2, 0) is 29.5 Å². The molecule has 3 heterocycles. The maximum atomic E-state index is 13.3. The van der Waals surface area contributed by atoms with Crippen LogP contribution in [0.5, 0.6) is 0 Å². The number of sulfonamides is 1. The van der Waals surface area contributed by atoms with E-state index in [9.17, 15) is 8.42 Å². The number of rotatable bonds is 7. The van der Waals surface area contributed by atoms with Crippen molar-refractivity contribution in [3.05, 3.63) is 63.0 Å². The number of benzene rings is 1. The van der Waals surface area contributed by atoms with Crippen LogP contribution in [0.2, 0.25) is 0 Å². The highest BCUT2D eigenvalue weighted by molar-refractivity contribution is 9.10. The Hall–Kier alpha value is -1.75. The molecule has 0 saturated carbocycles. The smallest absolute Gasteiger partial charge is 0.214 e. The van der Waals surface area contributed by atoms with Gasteiger partial charge in [-0.15, -0.1) is 11.3 Å². The Balaban J connectivity index is 1.76. The summed E-state index contributed by atoms with van der Waals surface area (Å²) in [6, 6.07) is 5.88. The zero-order chi connectivity index (χ0) is 21.1. The molecule has 0 spiro atoms. The SMILES string of the molecule is CCCS(=O)(=O)N1Cc2cc(Br)ccc2N(Cc2cnc[nH]2)C[C@H]1Cc1cscn1. The Bertz CT molecular complexity index is 1070. The third-order valence-corrected chi connectivity index (χ3v) is 8.41. The molecule has 0 radical (unpaired) electrons. The minimum Gasteiger partial charge on any atom is -0.364 e. The molecule has 1 aliphatic heterocycles. The minimum atomic E-state index is -3.40. The van der Waals surface area contributed by atoms with Crippen molar-refractivity contribution in [1.29, 1.82) is 0 Å². The number of anilines is 1. The fraction of sp³-hybridized carbons (Fsp3) is 0.400. The van der Waals surface area contributed by atoms with Gasteiger partial charge in [-0.25, -0.2) is 18.4 Å². The van der Waals surface area contributed by atoms with E-state index in [4.69, 9.17) is 0 Å². The van der Waals surface area contributed by atoms with Gasteiger partial charge in [0.15, 0.2) is 0 Å². The summed E-state index contributed by atoms with van der Waals surface area (Å²) < 4.78 is 29.1. The van der Waals surface area contributed by atoms with E-state index in [2.05, 4.69) is 41.8 Å². The average Bonchev–Trinajstić information content (AvgIpc) is 3.36. The number of halogens is 1. The molecule has 30 heavy (non-hydrogen) atoms. The van der Waals surface area contributed by atoms with Crippen LogP contribution in [0.3, 0.4) is 0 Å². The predicted molar refractivity (Wildman–Crippen MR) is 123 cm³/mol. The molecule has 0 unspecified atom stereocenters. The van der Waals surface area contributed by atoms with Crippen molar-refractivity contribution in [2.45, 2.75) is 38.9 Å². The average molecular weight is 510 g/mol. The molecule has 160 valence electrons. The molecular formula is C20H24BrN5O2S2. The third kappa shape index (κ3) is 4.77. The molecule has 0 bridgehead atoms. The van der Waals surface area contributed by atoms with E-state index < -0.39 is 10.0 Å². The molecule has 0 saturated heterocycles. The van der Waals surface area contributed by atoms with Crippen LogP contribution >= 0.6 is 27.3 Å². The van der Waals surface area contributed by atoms with Gasteiger partial charge >= 0.3 is 0 Å². The standard InChI is InChI=1S/C20H24BrN5O2S2/c1-2-5-30(27,28)26-9-15-6-16(21)3-4-20(15)25(10-18-8-22-13-23-18)11-19(26)7-17-12-29-14-24-17/h3-4,6,8,12-14,19H,2,5,7,9-11H2,1H3,(H,22,23)/t19-/m1/s1. The van der Waals surface area contributed by atoms with Gasteiger partial charge in [0.2, 0.25) is 10.0 Å². The fourth-order valence-corrected chi connectivity index (χ4v) is 6.56. The molecular weight excluding hydrogens is 486 g/mol. The highest BCUT2D eigenvalue weighted by Crippen LogP contribution is 2.33. The summed E-state index contributed by atoms with van der Waals surface area (Å²) >= 11 is 5.08. The predicted octanol–water partition coefficient (Wildman–Crippen LogP) is 3.80. The molecule has 1 N–H and O–H groups in total. The number of aromatic nitrogens is 3. The molecule has 0 amide bonds. The number of hydrogen-bond acceptors (Lipinski definition) is 6. The number of imidazole rings is 1. The largest absolute Gasteiger partial charge is 0.364 e. The van der Waals surface area contributed by atoms with Crippen molar-refractivity contribution in [1.82, 2.24) is 19.3 Å². The van der Waals surface area contributed by atoms with Gasteiger partial charge in [0, 0.05) is 47.3 Å². The normalized spacial score (nSPS) is 17.7. The number of aromatic amines is 1. The summed E-state index contributed by atoms with van der Waals surface area (Å²) in [5.41, 5.74) is 5.75. The number of H-pyrrole nitrogens is 1. The quantitative estimate of drug-likeness (QED) is 0.523. The minimum absolute atomic E-state index is 0.143. The summed E-state index contributed by atoms with van der Waals surface area (Å²) in [5, 5.41) is 2.00. The lowest BCUT2D eigenvalue weighted by Crippen LogP contribution is -2.46. The van der Waals surface area contributed by atoms with Crippen LogP contribution in [0, 0.1) is 0 Å². The summed E-state index contributed by atoms with van der Waals surface area (Å²) in [5.74, 6) is 0.143. The number of nitrogens with one attached hydrogen (secondary N) is 1. The van der Waals surface area contributed by atoms with E-state index in [-0.39, 0.29) is 11.8 Å². The number of hydrogen-bond donors (Lipinski definition) is 1. The van der Waals surface area contributed by atoms with Gasteiger partial charge in [-0.3, -0.25) is 0 Å². The Morgan fingerprint density at radius 2 is 2.23 bits per heavy atom. The van der Waals surface area contributed by atoms with E-state index in [0.29, 0.717) is 32.5 Å². The number of fused-ring (bicyclic) bond motifs is 1. The Kier molecular flexibility index (Phi) is 6.57. The van der Waals surface area contributed by atoms with Crippen LogP contribution in [0.15, 0.2) is 46.1 Å². The number of thiazole rings is 1. The van der Waals surface area contributed by atoms with Crippen molar-refractivity contribution >= 4 is 43.0 Å². The van der Waals surface area contributed by atoms with E-state index in [1.165, 1.54) is 11.3 Å². The highest BCUT2D eigenvalue weighted by atomic mass is 79.9. The van der Waals surface area contributed by atoms with Crippen LogP contribution in [0.1, 0.15) is 30.3 Å². The first-order valence-corrected chi connectivity index (χ1v) is 13.2. The van der Waals surface area contributed by atoms with Gasteiger partial charge in [-0.2, -0.15) is 4.31 Å². The second-order valence-corrected chi connectivity index (χ2v) is 11.1. The van der Waals surface area contributed by atoms with Crippen LogP contribution in [-0.4, -0.2) is 46.0 Å². The summed E-state index contributed by atoms with van der Waals surface area (Å²) in [6.45, 7) is 3.46. The van der Waals surface area contributed by atoms with Gasteiger partial charge in [-0.1, -0.05) is 22.9 Å². The summed E-state index contributed by atoms with van der Waals surface area (Å²) in [7, 11) is -3.40. The molecule has 1 aliphatic rings. The lowest BCUT2D eigenvalue weighted by Gasteiger charge is -2.31. The molecule has 0 aliphatic carbocycles. The first-order chi connectivity index (χ1) is 14.5. The monoisotopic (exact) mass is 509 g/mol. The third-order valence-electron chi connectivity index (χ3n) is 5.21. The Morgan fingerprint density at radius 3 is 2.93 bits per heavy atom. The maximum absolute atomic E-state index is 13.3. The zero-order valence-electron chi connectivity index (χ0n) is 16.7. The van der Waals surface area contributed by atoms with Crippen molar-refractivity contribution in [3.8, 4) is 0 Å². The lowest BCUT2D eigenvalue weighted by atomic mass is 10.1. The van der Waals surface area contributed by atoms with Gasteiger partial charge in [-0.05, 0) is 30.2 Å². The Morgan fingerprint density at radius 1 is 1.37 bits per heavy atom. The van der Waals surface area contributed by atoms with Crippen molar-refractivity contribution in [2.75, 3.05) is 17.2 Å². The first-order valence-electron chi connectivity index (χ1n) is 9.83. The topological polar surface area (TPSA) is 82.2 Å². The van der Waals surface area contributed by atoms with Gasteiger partial charge in [0.05, 0.1) is 35.5 Å². The van der Waals surface area contributed by atoms with Gasteiger partial charge in [0.1, 0.15) is 0 Å².